The molecule has 0 aromatic rings. The summed E-state index contributed by atoms with van der Waals surface area (Å²) in [6, 6.07) is -0.745. The lowest BCUT2D eigenvalue weighted by molar-refractivity contribution is -0.141. The summed E-state index contributed by atoms with van der Waals surface area (Å²) < 4.78 is 0. The minimum absolute atomic E-state index is 0.539. The normalized spacial score (nSPS) is 30.9. The fourth-order valence-corrected chi connectivity index (χ4v) is 1.57. The van der Waals surface area contributed by atoms with Crippen molar-refractivity contribution in [1.29, 1.82) is 0 Å². The minimum Gasteiger partial charge on any atom is -0.480 e. The number of aliphatic hydroxyl groups excluding tert-OH is 1. The second kappa shape index (κ2) is 5.95. The fourth-order valence-electron chi connectivity index (χ4n) is 1.57. The van der Waals surface area contributed by atoms with Crippen molar-refractivity contribution in [3.05, 3.63) is 0 Å². The number of aliphatic hydroxyl groups is 1. The Balaban J connectivity index is 0.000000165. The number of carboxylic acids is 1. The SMILES string of the molecule is C1CCNC1.O=C(O)[C@H]1NCCC1O. The van der Waals surface area contributed by atoms with Crippen molar-refractivity contribution in [1.82, 2.24) is 10.6 Å². The lowest BCUT2D eigenvalue weighted by Gasteiger charge is -2.06. The van der Waals surface area contributed by atoms with E-state index < -0.39 is 18.1 Å². The Morgan fingerprint density at radius 2 is 1.86 bits per heavy atom. The smallest absolute Gasteiger partial charge is 0.323 e. The van der Waals surface area contributed by atoms with Crippen molar-refractivity contribution in [2.24, 2.45) is 0 Å². The average molecular weight is 202 g/mol. The van der Waals surface area contributed by atoms with Crippen LogP contribution in [0.1, 0.15) is 19.3 Å². The van der Waals surface area contributed by atoms with E-state index in [1.807, 2.05) is 0 Å². The van der Waals surface area contributed by atoms with Crippen LogP contribution in [0.2, 0.25) is 0 Å². The second-order valence-electron chi connectivity index (χ2n) is 3.58. The van der Waals surface area contributed by atoms with Gasteiger partial charge >= 0.3 is 5.97 Å². The molecular weight excluding hydrogens is 184 g/mol. The lowest BCUT2D eigenvalue weighted by Crippen LogP contribution is -2.38. The van der Waals surface area contributed by atoms with Gasteiger partial charge in [0.2, 0.25) is 0 Å². The van der Waals surface area contributed by atoms with Gasteiger partial charge in [-0.2, -0.15) is 0 Å². The van der Waals surface area contributed by atoms with E-state index in [2.05, 4.69) is 10.6 Å². The molecule has 2 aliphatic heterocycles. The van der Waals surface area contributed by atoms with Crippen LogP contribution >= 0.6 is 0 Å². The molecule has 0 saturated carbocycles. The van der Waals surface area contributed by atoms with E-state index in [0.29, 0.717) is 13.0 Å². The molecule has 5 heteroatoms. The average Bonchev–Trinajstić information content (AvgIpc) is 2.74. The van der Waals surface area contributed by atoms with Gasteiger partial charge in [-0.1, -0.05) is 0 Å². The Labute approximate surface area is 83.5 Å². The third kappa shape index (κ3) is 3.61. The predicted octanol–water partition coefficient (Wildman–Crippen LogP) is -0.836. The van der Waals surface area contributed by atoms with Crippen molar-refractivity contribution in [2.45, 2.75) is 31.4 Å². The van der Waals surface area contributed by atoms with Crippen molar-refractivity contribution < 1.29 is 15.0 Å². The molecule has 2 aliphatic rings. The molecule has 4 N–H and O–H groups in total. The summed E-state index contributed by atoms with van der Waals surface area (Å²) in [4.78, 5) is 10.2. The first-order valence-corrected chi connectivity index (χ1v) is 5.07. The number of carboxylic acid groups (broad SMARTS) is 1. The Hall–Kier alpha value is -0.650. The van der Waals surface area contributed by atoms with Crippen LogP contribution in [0.4, 0.5) is 0 Å². The van der Waals surface area contributed by atoms with Crippen LogP contribution in [0.3, 0.4) is 0 Å². The van der Waals surface area contributed by atoms with Crippen LogP contribution in [0.15, 0.2) is 0 Å². The lowest BCUT2D eigenvalue weighted by atomic mass is 10.2. The number of hydrogen-bond donors (Lipinski definition) is 4. The maximum Gasteiger partial charge on any atom is 0.323 e. The zero-order chi connectivity index (χ0) is 10.4. The van der Waals surface area contributed by atoms with Crippen LogP contribution in [-0.2, 0) is 4.79 Å². The van der Waals surface area contributed by atoms with E-state index in [1.165, 1.54) is 25.9 Å². The molecule has 0 radical (unpaired) electrons. The molecule has 1 unspecified atom stereocenters. The van der Waals surface area contributed by atoms with Gasteiger partial charge in [0, 0.05) is 0 Å². The first kappa shape index (κ1) is 11.4. The summed E-state index contributed by atoms with van der Waals surface area (Å²) in [5, 5.41) is 23.2. The van der Waals surface area contributed by atoms with Crippen molar-refractivity contribution >= 4 is 5.97 Å². The number of carbonyl (C=O) groups is 1. The molecule has 0 spiro atoms. The Bertz CT molecular complexity index is 175. The quantitative estimate of drug-likeness (QED) is 0.446. The molecule has 0 aliphatic carbocycles. The molecule has 2 rings (SSSR count). The van der Waals surface area contributed by atoms with E-state index in [0.717, 1.165) is 0 Å². The summed E-state index contributed by atoms with van der Waals surface area (Å²) in [6.45, 7) is 3.10. The van der Waals surface area contributed by atoms with Gasteiger partial charge in [0.05, 0.1) is 6.10 Å². The molecule has 5 nitrogen and oxygen atoms in total. The molecule has 2 heterocycles. The largest absolute Gasteiger partial charge is 0.480 e. The van der Waals surface area contributed by atoms with Crippen molar-refractivity contribution in [2.75, 3.05) is 19.6 Å². The van der Waals surface area contributed by atoms with Crippen molar-refractivity contribution in [3.8, 4) is 0 Å². The van der Waals surface area contributed by atoms with Gasteiger partial charge in [-0.3, -0.25) is 4.79 Å². The number of nitrogens with one attached hydrogen (secondary N) is 2. The molecule has 82 valence electrons. The summed E-state index contributed by atoms with van der Waals surface area (Å²) >= 11 is 0. The molecule has 0 bridgehead atoms. The zero-order valence-electron chi connectivity index (χ0n) is 8.20. The maximum absolute atomic E-state index is 10.2. The number of aliphatic carboxylic acids is 1. The molecule has 0 amide bonds. The molecule has 0 aromatic heterocycles. The Morgan fingerprint density at radius 3 is 2.07 bits per heavy atom. The summed E-state index contributed by atoms with van der Waals surface area (Å²) in [6.07, 6.45) is 2.61. The molecule has 2 fully saturated rings. The first-order chi connectivity index (χ1) is 6.72. The highest BCUT2D eigenvalue weighted by molar-refractivity contribution is 5.74. The summed E-state index contributed by atoms with van der Waals surface area (Å²) in [5.74, 6) is -0.972. The van der Waals surface area contributed by atoms with Gasteiger partial charge < -0.3 is 20.8 Å². The van der Waals surface area contributed by atoms with Crippen LogP contribution in [0, 0.1) is 0 Å². The highest BCUT2D eigenvalue weighted by atomic mass is 16.4. The zero-order valence-corrected chi connectivity index (χ0v) is 8.20. The minimum atomic E-state index is -0.972. The van der Waals surface area contributed by atoms with E-state index in [9.17, 15) is 4.79 Å². The first-order valence-electron chi connectivity index (χ1n) is 5.07. The third-order valence-electron chi connectivity index (χ3n) is 2.41. The maximum atomic E-state index is 10.2. The van der Waals surface area contributed by atoms with E-state index in [1.54, 1.807) is 0 Å². The number of rotatable bonds is 1. The molecule has 2 saturated heterocycles. The van der Waals surface area contributed by atoms with E-state index in [-0.39, 0.29) is 0 Å². The summed E-state index contributed by atoms with van der Waals surface area (Å²) in [7, 11) is 0. The second-order valence-corrected chi connectivity index (χ2v) is 3.58. The van der Waals surface area contributed by atoms with Crippen LogP contribution < -0.4 is 10.6 Å². The van der Waals surface area contributed by atoms with Crippen LogP contribution in [-0.4, -0.2) is 48.0 Å². The molecule has 0 aromatic carbocycles. The highest BCUT2D eigenvalue weighted by Gasteiger charge is 2.30. The molecule has 2 atom stereocenters. The van der Waals surface area contributed by atoms with E-state index >= 15 is 0 Å². The predicted molar refractivity (Wildman–Crippen MR) is 52.2 cm³/mol. The van der Waals surface area contributed by atoms with Crippen molar-refractivity contribution in [3.63, 3.8) is 0 Å². The molecular formula is C9H18N2O3. The van der Waals surface area contributed by atoms with Gasteiger partial charge in [-0.15, -0.1) is 0 Å². The Morgan fingerprint density at radius 1 is 1.21 bits per heavy atom. The van der Waals surface area contributed by atoms with Gasteiger partial charge in [0.25, 0.3) is 0 Å². The molecule has 14 heavy (non-hydrogen) atoms. The topological polar surface area (TPSA) is 81.6 Å². The van der Waals surface area contributed by atoms with Gasteiger partial charge in [0.1, 0.15) is 6.04 Å². The van der Waals surface area contributed by atoms with Gasteiger partial charge in [-0.25, -0.2) is 0 Å². The van der Waals surface area contributed by atoms with Gasteiger partial charge in [0.15, 0.2) is 0 Å². The van der Waals surface area contributed by atoms with Crippen LogP contribution in [0.5, 0.6) is 0 Å². The third-order valence-corrected chi connectivity index (χ3v) is 2.41. The monoisotopic (exact) mass is 202 g/mol. The standard InChI is InChI=1S/C5H9NO3.C4H9N/c7-3-1-2-6-4(3)5(8)9;1-2-4-5-3-1/h3-4,6-7H,1-2H2,(H,8,9);5H,1-4H2/t3?,4-;/m0./s1. The number of hydrogen-bond acceptors (Lipinski definition) is 4. The van der Waals surface area contributed by atoms with Crippen LogP contribution in [0.25, 0.3) is 0 Å². The van der Waals surface area contributed by atoms with E-state index in [4.69, 9.17) is 10.2 Å². The Kier molecular flexibility index (Phi) is 4.86. The summed E-state index contributed by atoms with van der Waals surface area (Å²) in [5.41, 5.74) is 0. The fraction of sp³-hybridized carbons (Fsp3) is 0.889. The highest BCUT2D eigenvalue weighted by Crippen LogP contribution is 2.05. The van der Waals surface area contributed by atoms with Gasteiger partial charge in [-0.05, 0) is 38.9 Å².